The lowest BCUT2D eigenvalue weighted by Crippen LogP contribution is -2.30. The predicted molar refractivity (Wildman–Crippen MR) is 76.8 cm³/mol. The number of amides is 1. The van der Waals surface area contributed by atoms with Crippen molar-refractivity contribution in [3.8, 4) is 0 Å². The van der Waals surface area contributed by atoms with Gasteiger partial charge in [-0.2, -0.15) is 0 Å². The molecule has 21 heavy (non-hydrogen) atoms. The lowest BCUT2D eigenvalue weighted by molar-refractivity contribution is -0.383. The van der Waals surface area contributed by atoms with Gasteiger partial charge in [-0.3, -0.25) is 19.7 Å². The molecule has 1 N–H and O–H groups in total. The van der Waals surface area contributed by atoms with Crippen LogP contribution in [0.1, 0.15) is 33.1 Å². The summed E-state index contributed by atoms with van der Waals surface area (Å²) in [4.78, 5) is 33.6. The minimum Gasteiger partial charge on any atom is -0.453 e. The number of benzene rings is 1. The molecule has 1 aromatic rings. The Morgan fingerprint density at radius 2 is 2.05 bits per heavy atom. The largest absolute Gasteiger partial charge is 0.453 e. The Kier molecular flexibility index (Phi) is 6.32. The summed E-state index contributed by atoms with van der Waals surface area (Å²) in [7, 11) is 0. The molecule has 0 unspecified atom stereocenters. The standard InChI is InChI=1S/C14H18N2O5/c1-3-4-9-13(17)21-10(2)14(18)15-11-7-5-6-8-12(11)16(19)20/h5-8,10H,3-4,9H2,1-2H3,(H,15,18)/t10-/m1/s1. The van der Waals surface area contributed by atoms with Crippen LogP contribution in [0.4, 0.5) is 11.4 Å². The first-order chi connectivity index (χ1) is 9.95. The summed E-state index contributed by atoms with van der Waals surface area (Å²) in [5.74, 6) is -1.06. The minimum absolute atomic E-state index is 0.0731. The molecule has 1 rings (SSSR count). The zero-order valence-electron chi connectivity index (χ0n) is 12.0. The van der Waals surface area contributed by atoms with E-state index in [2.05, 4.69) is 5.32 Å². The minimum atomic E-state index is -1.01. The lowest BCUT2D eigenvalue weighted by atomic mass is 10.2. The molecule has 7 heteroatoms. The van der Waals surface area contributed by atoms with E-state index in [1.165, 1.54) is 25.1 Å². The van der Waals surface area contributed by atoms with Gasteiger partial charge in [-0.1, -0.05) is 25.5 Å². The van der Waals surface area contributed by atoms with E-state index < -0.39 is 22.9 Å². The van der Waals surface area contributed by atoms with Crippen molar-refractivity contribution in [2.24, 2.45) is 0 Å². The molecule has 0 radical (unpaired) electrons. The number of hydrogen-bond donors (Lipinski definition) is 1. The summed E-state index contributed by atoms with van der Waals surface area (Å²) in [5.41, 5.74) is -0.140. The second-order valence-corrected chi connectivity index (χ2v) is 4.50. The molecule has 0 saturated carbocycles. The number of anilines is 1. The summed E-state index contributed by atoms with van der Waals surface area (Å²) < 4.78 is 4.97. The number of nitrogens with one attached hydrogen (secondary N) is 1. The first-order valence-corrected chi connectivity index (χ1v) is 6.69. The zero-order chi connectivity index (χ0) is 15.8. The van der Waals surface area contributed by atoms with Gasteiger partial charge in [-0.05, 0) is 19.4 Å². The predicted octanol–water partition coefficient (Wildman–Crippen LogP) is 2.66. The van der Waals surface area contributed by atoms with E-state index in [1.54, 1.807) is 6.07 Å². The van der Waals surface area contributed by atoms with Gasteiger partial charge in [-0.25, -0.2) is 0 Å². The number of esters is 1. The third-order valence-electron chi connectivity index (χ3n) is 2.77. The van der Waals surface area contributed by atoms with Crippen molar-refractivity contribution in [1.82, 2.24) is 0 Å². The van der Waals surface area contributed by atoms with Gasteiger partial charge >= 0.3 is 5.97 Å². The highest BCUT2D eigenvalue weighted by Crippen LogP contribution is 2.23. The molecule has 0 aromatic heterocycles. The van der Waals surface area contributed by atoms with Gasteiger partial charge in [0.05, 0.1) is 4.92 Å². The normalized spacial score (nSPS) is 11.5. The Morgan fingerprint density at radius 1 is 1.38 bits per heavy atom. The van der Waals surface area contributed by atoms with Crippen molar-refractivity contribution in [2.75, 3.05) is 5.32 Å². The Labute approximate surface area is 122 Å². The van der Waals surface area contributed by atoms with E-state index in [9.17, 15) is 19.7 Å². The van der Waals surface area contributed by atoms with Gasteiger partial charge in [0.2, 0.25) is 0 Å². The molecule has 1 atom stereocenters. The highest BCUT2D eigenvalue weighted by atomic mass is 16.6. The number of unbranched alkanes of at least 4 members (excludes halogenated alkanes) is 1. The highest BCUT2D eigenvalue weighted by Gasteiger charge is 2.21. The molecule has 1 amide bonds. The maximum absolute atomic E-state index is 11.9. The Balaban J connectivity index is 2.64. The molecule has 1 aromatic carbocycles. The Hall–Kier alpha value is -2.44. The molecule has 0 heterocycles. The fourth-order valence-corrected chi connectivity index (χ4v) is 1.60. The van der Waals surface area contributed by atoms with E-state index in [1.807, 2.05) is 6.92 Å². The molecule has 0 aliphatic heterocycles. The molecular formula is C14H18N2O5. The fraction of sp³-hybridized carbons (Fsp3) is 0.429. The van der Waals surface area contributed by atoms with E-state index in [0.717, 1.165) is 6.42 Å². The molecule has 114 valence electrons. The average molecular weight is 294 g/mol. The summed E-state index contributed by atoms with van der Waals surface area (Å²) in [6.07, 6.45) is 0.789. The van der Waals surface area contributed by atoms with Crippen molar-refractivity contribution in [1.29, 1.82) is 0 Å². The van der Waals surface area contributed by atoms with Crippen LogP contribution in [-0.4, -0.2) is 22.9 Å². The summed E-state index contributed by atoms with van der Waals surface area (Å²) in [6.45, 7) is 3.37. The quantitative estimate of drug-likeness (QED) is 0.473. The molecule has 7 nitrogen and oxygen atoms in total. The number of nitro benzene ring substituents is 1. The fourth-order valence-electron chi connectivity index (χ4n) is 1.60. The van der Waals surface area contributed by atoms with Crippen molar-refractivity contribution >= 4 is 23.3 Å². The monoisotopic (exact) mass is 294 g/mol. The number of ether oxygens (including phenoxy) is 1. The number of nitrogens with zero attached hydrogens (tertiary/aromatic N) is 1. The second kappa shape index (κ2) is 7.98. The van der Waals surface area contributed by atoms with Crippen LogP contribution in [0, 0.1) is 10.1 Å². The molecule has 0 spiro atoms. The van der Waals surface area contributed by atoms with Crippen LogP contribution in [0.5, 0.6) is 0 Å². The van der Waals surface area contributed by atoms with Crippen LogP contribution in [-0.2, 0) is 14.3 Å². The molecule has 0 saturated heterocycles. The molecule has 0 aliphatic rings. The van der Waals surface area contributed by atoms with Gasteiger partial charge in [0.25, 0.3) is 11.6 Å². The number of hydrogen-bond acceptors (Lipinski definition) is 5. The number of rotatable bonds is 7. The van der Waals surface area contributed by atoms with Crippen LogP contribution >= 0.6 is 0 Å². The van der Waals surface area contributed by atoms with Crippen molar-refractivity contribution in [3.05, 3.63) is 34.4 Å². The molecular weight excluding hydrogens is 276 g/mol. The molecule has 0 fully saturated rings. The third-order valence-corrected chi connectivity index (χ3v) is 2.77. The average Bonchev–Trinajstić information content (AvgIpc) is 2.45. The summed E-state index contributed by atoms with van der Waals surface area (Å²) in [5, 5.41) is 13.2. The van der Waals surface area contributed by atoms with Crippen molar-refractivity contribution < 1.29 is 19.2 Å². The van der Waals surface area contributed by atoms with E-state index in [0.29, 0.717) is 6.42 Å². The van der Waals surface area contributed by atoms with Gasteiger partial charge in [0.1, 0.15) is 5.69 Å². The summed E-state index contributed by atoms with van der Waals surface area (Å²) >= 11 is 0. The van der Waals surface area contributed by atoms with Gasteiger partial charge in [0.15, 0.2) is 6.10 Å². The Bertz CT molecular complexity index is 530. The van der Waals surface area contributed by atoms with Gasteiger partial charge in [0, 0.05) is 12.5 Å². The van der Waals surface area contributed by atoms with Gasteiger partial charge in [-0.15, -0.1) is 0 Å². The molecule has 0 bridgehead atoms. The van der Waals surface area contributed by atoms with E-state index in [-0.39, 0.29) is 17.8 Å². The number of carbonyl (C=O) groups excluding carboxylic acids is 2. The maximum Gasteiger partial charge on any atom is 0.306 e. The van der Waals surface area contributed by atoms with Crippen LogP contribution in [0.2, 0.25) is 0 Å². The number of carbonyl (C=O) groups is 2. The van der Waals surface area contributed by atoms with Crippen molar-refractivity contribution in [2.45, 2.75) is 39.2 Å². The number of nitro groups is 1. The Morgan fingerprint density at radius 3 is 2.67 bits per heavy atom. The van der Waals surface area contributed by atoms with Crippen LogP contribution in [0.25, 0.3) is 0 Å². The van der Waals surface area contributed by atoms with Crippen LogP contribution < -0.4 is 5.32 Å². The first kappa shape index (κ1) is 16.6. The topological polar surface area (TPSA) is 98.5 Å². The van der Waals surface area contributed by atoms with Gasteiger partial charge < -0.3 is 10.1 Å². The van der Waals surface area contributed by atoms with Crippen LogP contribution in [0.15, 0.2) is 24.3 Å². The van der Waals surface area contributed by atoms with Crippen molar-refractivity contribution in [3.63, 3.8) is 0 Å². The highest BCUT2D eigenvalue weighted by molar-refractivity contribution is 5.96. The smallest absolute Gasteiger partial charge is 0.306 e. The van der Waals surface area contributed by atoms with E-state index in [4.69, 9.17) is 4.74 Å². The summed E-state index contributed by atoms with van der Waals surface area (Å²) in [6, 6.07) is 5.78. The number of para-hydroxylation sites is 2. The first-order valence-electron chi connectivity index (χ1n) is 6.69. The van der Waals surface area contributed by atoms with Crippen LogP contribution in [0.3, 0.4) is 0 Å². The zero-order valence-corrected chi connectivity index (χ0v) is 12.0. The molecule has 0 aliphatic carbocycles. The third kappa shape index (κ3) is 5.21. The maximum atomic E-state index is 11.9. The second-order valence-electron chi connectivity index (χ2n) is 4.50. The van der Waals surface area contributed by atoms with E-state index >= 15 is 0 Å². The lowest BCUT2D eigenvalue weighted by Gasteiger charge is -2.13. The SMILES string of the molecule is CCCCC(=O)O[C@H](C)C(=O)Nc1ccccc1[N+](=O)[O-].